The molecule has 128 valence electrons. The number of nitrogens with one attached hydrogen (secondary N) is 2. The molecule has 0 aliphatic rings. The molecule has 0 aliphatic carbocycles. The predicted molar refractivity (Wildman–Crippen MR) is 105 cm³/mol. The van der Waals surface area contributed by atoms with E-state index < -0.39 is 0 Å². The van der Waals surface area contributed by atoms with E-state index in [0.29, 0.717) is 27.4 Å². The van der Waals surface area contributed by atoms with Gasteiger partial charge in [0, 0.05) is 11.4 Å². The number of rotatable bonds is 4. The first-order chi connectivity index (χ1) is 11.9. The van der Waals surface area contributed by atoms with Crippen LogP contribution in [0.25, 0.3) is 0 Å². The average molecular weight is 374 g/mol. The van der Waals surface area contributed by atoms with Gasteiger partial charge < -0.3 is 16.4 Å². The summed E-state index contributed by atoms with van der Waals surface area (Å²) in [5.41, 5.74) is 10.6. The van der Waals surface area contributed by atoms with Crippen molar-refractivity contribution < 1.29 is 0 Å². The summed E-state index contributed by atoms with van der Waals surface area (Å²) in [6.45, 7) is 4.08. The fourth-order valence-electron chi connectivity index (χ4n) is 2.49. The monoisotopic (exact) mass is 373 g/mol. The number of hydrogen-bond donors (Lipinski definition) is 3. The molecule has 7 heteroatoms. The van der Waals surface area contributed by atoms with Gasteiger partial charge in [-0.1, -0.05) is 29.3 Å². The first-order valence-electron chi connectivity index (χ1n) is 7.60. The third-order valence-corrected chi connectivity index (χ3v) is 4.29. The van der Waals surface area contributed by atoms with Gasteiger partial charge in [-0.15, -0.1) is 0 Å². The van der Waals surface area contributed by atoms with Crippen LogP contribution in [0.5, 0.6) is 0 Å². The third kappa shape index (κ3) is 4.13. The van der Waals surface area contributed by atoms with Crippen LogP contribution in [0.3, 0.4) is 0 Å². The molecule has 1 heterocycles. The zero-order chi connectivity index (χ0) is 18.0. The van der Waals surface area contributed by atoms with Gasteiger partial charge in [0.05, 0.1) is 10.0 Å². The number of benzene rings is 2. The number of hydrogen-bond acceptors (Lipinski definition) is 5. The minimum absolute atomic E-state index is 0.410. The van der Waals surface area contributed by atoms with Crippen molar-refractivity contribution in [1.29, 1.82) is 0 Å². The molecule has 0 fully saturated rings. The van der Waals surface area contributed by atoms with Crippen LogP contribution >= 0.6 is 23.2 Å². The number of halogens is 2. The van der Waals surface area contributed by atoms with Gasteiger partial charge in [-0.25, -0.2) is 9.97 Å². The van der Waals surface area contributed by atoms with Gasteiger partial charge in [0.25, 0.3) is 0 Å². The Morgan fingerprint density at radius 2 is 1.40 bits per heavy atom. The Morgan fingerprint density at radius 1 is 0.800 bits per heavy atom. The maximum atomic E-state index is 6.21. The van der Waals surface area contributed by atoms with Crippen molar-refractivity contribution >= 4 is 51.9 Å². The van der Waals surface area contributed by atoms with Gasteiger partial charge in [0.1, 0.15) is 12.0 Å². The van der Waals surface area contributed by atoms with E-state index in [0.717, 1.165) is 22.5 Å². The fraction of sp³-hybridized carbons (Fsp3) is 0.111. The molecule has 2 aromatic carbocycles. The van der Waals surface area contributed by atoms with E-state index in [2.05, 4.69) is 26.7 Å². The molecule has 0 bridgehead atoms. The van der Waals surface area contributed by atoms with E-state index >= 15 is 0 Å². The van der Waals surface area contributed by atoms with Gasteiger partial charge in [0.2, 0.25) is 0 Å². The van der Waals surface area contributed by atoms with E-state index in [1.807, 2.05) is 26.0 Å². The van der Waals surface area contributed by atoms with Gasteiger partial charge in [-0.05, 0) is 55.3 Å². The van der Waals surface area contributed by atoms with Crippen molar-refractivity contribution in [2.24, 2.45) is 0 Å². The number of aryl methyl sites for hydroxylation is 2. The molecule has 3 rings (SSSR count). The highest BCUT2D eigenvalue weighted by atomic mass is 35.5. The lowest BCUT2D eigenvalue weighted by atomic mass is 10.1. The van der Waals surface area contributed by atoms with Crippen LogP contribution in [-0.4, -0.2) is 9.97 Å². The first-order valence-corrected chi connectivity index (χ1v) is 8.36. The predicted octanol–water partition coefficient (Wildman–Crippen LogP) is 5.47. The molecule has 0 radical (unpaired) electrons. The highest BCUT2D eigenvalue weighted by Crippen LogP contribution is 2.31. The second-order valence-corrected chi connectivity index (χ2v) is 6.55. The van der Waals surface area contributed by atoms with E-state index in [9.17, 15) is 0 Å². The van der Waals surface area contributed by atoms with Crippen LogP contribution in [0.2, 0.25) is 10.0 Å². The molecule has 0 spiro atoms. The third-order valence-electron chi connectivity index (χ3n) is 3.55. The molecular weight excluding hydrogens is 357 g/mol. The normalized spacial score (nSPS) is 10.6. The van der Waals surface area contributed by atoms with Crippen molar-refractivity contribution in [2.45, 2.75) is 13.8 Å². The van der Waals surface area contributed by atoms with E-state index in [4.69, 9.17) is 28.9 Å². The average Bonchev–Trinajstić information content (AvgIpc) is 2.54. The summed E-state index contributed by atoms with van der Waals surface area (Å²) < 4.78 is 0. The highest BCUT2D eigenvalue weighted by molar-refractivity contribution is 6.42. The lowest BCUT2D eigenvalue weighted by molar-refractivity contribution is 1.17. The summed E-state index contributed by atoms with van der Waals surface area (Å²) in [5.74, 6) is 1.02. The van der Waals surface area contributed by atoms with Crippen molar-refractivity contribution in [3.63, 3.8) is 0 Å². The number of aromatic nitrogens is 2. The molecule has 25 heavy (non-hydrogen) atoms. The summed E-state index contributed by atoms with van der Waals surface area (Å²) in [6, 6.07) is 11.4. The van der Waals surface area contributed by atoms with Crippen molar-refractivity contribution in [2.75, 3.05) is 16.4 Å². The zero-order valence-corrected chi connectivity index (χ0v) is 15.3. The second kappa shape index (κ2) is 7.17. The standard InChI is InChI=1S/C18H17Cl2N5/c1-10-5-11(2)7-13(6-10)25-18-16(21)17(22-9-23-18)24-12-3-4-14(19)15(20)8-12/h3-9H,21H2,1-2H3,(H2,22,23,24,25). The molecule has 0 aliphatic heterocycles. The molecule has 0 atom stereocenters. The van der Waals surface area contributed by atoms with Crippen LogP contribution in [0.1, 0.15) is 11.1 Å². The molecule has 4 N–H and O–H groups in total. The van der Waals surface area contributed by atoms with Gasteiger partial charge >= 0.3 is 0 Å². The fourth-order valence-corrected chi connectivity index (χ4v) is 2.79. The Morgan fingerprint density at radius 3 is 2.00 bits per heavy atom. The van der Waals surface area contributed by atoms with Crippen LogP contribution in [0.4, 0.5) is 28.7 Å². The largest absolute Gasteiger partial charge is 0.393 e. The Labute approximate surface area is 156 Å². The highest BCUT2D eigenvalue weighted by Gasteiger charge is 2.10. The van der Waals surface area contributed by atoms with Crippen LogP contribution < -0.4 is 16.4 Å². The number of nitrogen functional groups attached to an aromatic ring is 1. The summed E-state index contributed by atoms with van der Waals surface area (Å²) in [6.07, 6.45) is 1.45. The van der Waals surface area contributed by atoms with Gasteiger partial charge in [0.15, 0.2) is 11.6 Å². The maximum Gasteiger partial charge on any atom is 0.159 e. The molecule has 0 saturated heterocycles. The van der Waals surface area contributed by atoms with Gasteiger partial charge in [-0.2, -0.15) is 0 Å². The number of nitrogens with two attached hydrogens (primary N) is 1. The van der Waals surface area contributed by atoms with Gasteiger partial charge in [-0.3, -0.25) is 0 Å². The number of nitrogens with zero attached hydrogens (tertiary/aromatic N) is 2. The minimum Gasteiger partial charge on any atom is -0.393 e. The first kappa shape index (κ1) is 17.3. The molecule has 5 nitrogen and oxygen atoms in total. The summed E-state index contributed by atoms with van der Waals surface area (Å²) in [7, 11) is 0. The molecule has 0 unspecified atom stereocenters. The summed E-state index contributed by atoms with van der Waals surface area (Å²) in [5, 5.41) is 7.31. The lowest BCUT2D eigenvalue weighted by Crippen LogP contribution is -2.05. The van der Waals surface area contributed by atoms with Crippen LogP contribution in [-0.2, 0) is 0 Å². The van der Waals surface area contributed by atoms with Crippen molar-refractivity contribution in [1.82, 2.24) is 9.97 Å². The Bertz CT molecular complexity index is 907. The zero-order valence-electron chi connectivity index (χ0n) is 13.8. The Kier molecular flexibility index (Phi) is 4.97. The maximum absolute atomic E-state index is 6.21. The van der Waals surface area contributed by atoms with Crippen molar-refractivity contribution in [3.05, 3.63) is 63.9 Å². The Balaban J connectivity index is 1.87. The summed E-state index contributed by atoms with van der Waals surface area (Å²) in [4.78, 5) is 8.43. The minimum atomic E-state index is 0.410. The molecule has 0 saturated carbocycles. The molecular formula is C18H17Cl2N5. The lowest BCUT2D eigenvalue weighted by Gasteiger charge is -2.13. The second-order valence-electron chi connectivity index (χ2n) is 5.74. The van der Waals surface area contributed by atoms with Crippen molar-refractivity contribution in [3.8, 4) is 0 Å². The smallest absolute Gasteiger partial charge is 0.159 e. The quantitative estimate of drug-likeness (QED) is 0.565. The number of anilines is 5. The van der Waals surface area contributed by atoms with E-state index in [1.54, 1.807) is 18.2 Å². The molecule has 3 aromatic rings. The van der Waals surface area contributed by atoms with E-state index in [1.165, 1.54) is 6.33 Å². The molecule has 0 amide bonds. The van der Waals surface area contributed by atoms with Crippen LogP contribution in [0, 0.1) is 13.8 Å². The topological polar surface area (TPSA) is 75.9 Å². The molecule has 1 aromatic heterocycles. The van der Waals surface area contributed by atoms with Crippen LogP contribution in [0.15, 0.2) is 42.7 Å². The SMILES string of the molecule is Cc1cc(C)cc(Nc2ncnc(Nc3ccc(Cl)c(Cl)c3)c2N)c1. The Hall–Kier alpha value is -2.50. The van der Waals surface area contributed by atoms with E-state index in [-0.39, 0.29) is 0 Å². The summed E-state index contributed by atoms with van der Waals surface area (Å²) >= 11 is 12.0.